The molecule has 0 atom stereocenters. The van der Waals surface area contributed by atoms with Crippen molar-refractivity contribution in [2.24, 2.45) is 0 Å². The number of nitrogens with zero attached hydrogens (tertiary/aromatic N) is 2. The van der Waals surface area contributed by atoms with E-state index in [4.69, 9.17) is 9.47 Å². The van der Waals surface area contributed by atoms with Gasteiger partial charge in [0.15, 0.2) is 0 Å². The van der Waals surface area contributed by atoms with E-state index in [1.807, 2.05) is 12.1 Å². The van der Waals surface area contributed by atoms with Gasteiger partial charge in [0.05, 0.1) is 18.8 Å². The molecule has 3 N–H and O–H groups in total. The first kappa shape index (κ1) is 30.9. The Balaban J connectivity index is 1.58. The fourth-order valence-electron chi connectivity index (χ4n) is 3.80. The van der Waals surface area contributed by atoms with E-state index in [0.717, 1.165) is 5.56 Å². The number of alkyl carbamates (subject to hydrolysis) is 1. The summed E-state index contributed by atoms with van der Waals surface area (Å²) < 4.78 is 11.4. The van der Waals surface area contributed by atoms with Gasteiger partial charge >= 0.3 is 12.2 Å². The molecule has 2 aromatic carbocycles. The average molecular weight is 564 g/mol. The Morgan fingerprint density at radius 3 is 2.37 bits per heavy atom. The first-order valence-electron chi connectivity index (χ1n) is 13.5. The van der Waals surface area contributed by atoms with E-state index in [1.165, 1.54) is 10.7 Å². The van der Waals surface area contributed by atoms with Crippen molar-refractivity contribution in [3.8, 4) is 11.3 Å². The number of unbranched alkanes of at least 4 members (excludes halogenated alkanes) is 1. The van der Waals surface area contributed by atoms with Crippen molar-refractivity contribution in [3.05, 3.63) is 82.1 Å². The van der Waals surface area contributed by atoms with Gasteiger partial charge in [0.1, 0.15) is 5.60 Å². The molecule has 1 heterocycles. The lowest BCUT2D eigenvalue weighted by atomic mass is 10.1. The Morgan fingerprint density at radius 1 is 0.902 bits per heavy atom. The lowest BCUT2D eigenvalue weighted by Gasteiger charge is -2.19. The molecule has 3 amide bonds. The fourth-order valence-corrected chi connectivity index (χ4v) is 3.80. The van der Waals surface area contributed by atoms with Crippen molar-refractivity contribution in [2.75, 3.05) is 25.0 Å². The Bertz CT molecular complexity index is 1410. The van der Waals surface area contributed by atoms with Crippen LogP contribution in [-0.2, 0) is 16.0 Å². The minimum absolute atomic E-state index is 0.188. The predicted molar refractivity (Wildman–Crippen MR) is 156 cm³/mol. The molecule has 0 saturated heterocycles. The summed E-state index contributed by atoms with van der Waals surface area (Å²) in [5.74, 6) is -0.230. The normalized spacial score (nSPS) is 10.9. The molecular formula is C30H37N5O6. The maximum Gasteiger partial charge on any atom is 0.411 e. The second-order valence-electron chi connectivity index (χ2n) is 10.2. The van der Waals surface area contributed by atoms with Gasteiger partial charge in [-0.15, -0.1) is 0 Å². The van der Waals surface area contributed by atoms with E-state index >= 15 is 0 Å². The Kier molecular flexibility index (Phi) is 11.0. The molecule has 11 heteroatoms. The first-order chi connectivity index (χ1) is 19.5. The van der Waals surface area contributed by atoms with Crippen LogP contribution in [0.2, 0.25) is 0 Å². The third-order valence-electron chi connectivity index (χ3n) is 5.63. The minimum atomic E-state index is -0.555. The quantitative estimate of drug-likeness (QED) is 0.291. The topological polar surface area (TPSA) is 141 Å². The molecule has 41 heavy (non-hydrogen) atoms. The van der Waals surface area contributed by atoms with Crippen molar-refractivity contribution >= 4 is 23.8 Å². The lowest BCUT2D eigenvalue weighted by Crippen LogP contribution is -2.33. The number of aromatic nitrogens is 2. The highest BCUT2D eigenvalue weighted by molar-refractivity contribution is 5.95. The number of benzene rings is 2. The molecule has 0 aliphatic rings. The lowest BCUT2D eigenvalue weighted by molar-refractivity contribution is 0.0526. The van der Waals surface area contributed by atoms with Crippen LogP contribution < -0.4 is 21.5 Å². The molecule has 0 aliphatic heterocycles. The number of carbonyl (C=O) groups is 3. The highest BCUT2D eigenvalue weighted by Crippen LogP contribution is 2.18. The van der Waals surface area contributed by atoms with E-state index in [9.17, 15) is 19.2 Å². The number of ether oxygens (including phenoxy) is 2. The van der Waals surface area contributed by atoms with Gasteiger partial charge in [-0.25, -0.2) is 14.3 Å². The second kappa shape index (κ2) is 14.6. The Hall–Kier alpha value is -4.67. The van der Waals surface area contributed by atoms with Gasteiger partial charge < -0.3 is 20.1 Å². The number of rotatable bonds is 11. The molecule has 0 saturated carbocycles. The number of nitrogens with one attached hydrogen (secondary N) is 3. The van der Waals surface area contributed by atoms with Crippen LogP contribution in [0.15, 0.2) is 65.5 Å². The molecule has 3 aromatic rings. The van der Waals surface area contributed by atoms with E-state index in [0.29, 0.717) is 48.4 Å². The van der Waals surface area contributed by atoms with Crippen molar-refractivity contribution < 1.29 is 23.9 Å². The number of carbonyl (C=O) groups excluding carboxylic acids is 3. The third-order valence-corrected chi connectivity index (χ3v) is 5.63. The zero-order valence-corrected chi connectivity index (χ0v) is 23.9. The standard InChI is InChI=1S/C30H37N5O6/c1-5-40-29(39)33-24-13-8-10-21(18-24)20-35-26(36)15-14-25(34-35)22-11-9-12-23(19-22)27(37)31-16-6-7-17-32-28(38)41-30(2,3)4/h8-15,18-19H,5-7,16-17,20H2,1-4H3,(H,31,37)(H,32,38)(H,33,39). The van der Waals surface area contributed by atoms with Crippen molar-refractivity contribution in [2.45, 2.75) is 52.7 Å². The molecule has 0 unspecified atom stereocenters. The van der Waals surface area contributed by atoms with E-state index in [2.05, 4.69) is 21.0 Å². The van der Waals surface area contributed by atoms with Crippen LogP contribution in [0.25, 0.3) is 11.3 Å². The molecular weight excluding hydrogens is 526 g/mol. The molecule has 1 aromatic heterocycles. The SMILES string of the molecule is CCOC(=O)Nc1cccc(Cn2nc(-c3cccc(C(=O)NCCCCNC(=O)OC(C)(C)C)c3)ccc2=O)c1. The van der Waals surface area contributed by atoms with Gasteiger partial charge in [-0.1, -0.05) is 24.3 Å². The van der Waals surface area contributed by atoms with Crippen LogP contribution in [0.5, 0.6) is 0 Å². The summed E-state index contributed by atoms with van der Waals surface area (Å²) in [6.45, 7) is 8.48. The minimum Gasteiger partial charge on any atom is -0.450 e. The summed E-state index contributed by atoms with van der Waals surface area (Å²) in [7, 11) is 0. The largest absolute Gasteiger partial charge is 0.450 e. The molecule has 0 bridgehead atoms. The second-order valence-corrected chi connectivity index (χ2v) is 10.2. The van der Waals surface area contributed by atoms with Crippen LogP contribution in [0, 0.1) is 0 Å². The van der Waals surface area contributed by atoms with Crippen LogP contribution in [0.4, 0.5) is 15.3 Å². The monoisotopic (exact) mass is 563 g/mol. The summed E-state index contributed by atoms with van der Waals surface area (Å²) in [6.07, 6.45) is 0.357. The van der Waals surface area contributed by atoms with Crippen LogP contribution in [0.1, 0.15) is 56.5 Å². The molecule has 3 rings (SSSR count). The molecule has 0 fully saturated rings. The van der Waals surface area contributed by atoms with Gasteiger partial charge in [-0.3, -0.25) is 14.9 Å². The molecule has 0 aliphatic carbocycles. The Morgan fingerprint density at radius 2 is 1.63 bits per heavy atom. The summed E-state index contributed by atoms with van der Waals surface area (Å²) in [5, 5.41) is 12.7. The van der Waals surface area contributed by atoms with E-state index in [-0.39, 0.29) is 24.6 Å². The van der Waals surface area contributed by atoms with Gasteiger partial charge in [-0.05, 0) is 76.4 Å². The summed E-state index contributed by atoms with van der Waals surface area (Å²) >= 11 is 0. The zero-order chi connectivity index (χ0) is 29.8. The third kappa shape index (κ3) is 10.4. The molecule has 0 radical (unpaired) electrons. The maximum absolute atomic E-state index is 12.7. The smallest absolute Gasteiger partial charge is 0.411 e. The van der Waals surface area contributed by atoms with Gasteiger partial charge in [-0.2, -0.15) is 5.10 Å². The van der Waals surface area contributed by atoms with Gasteiger partial charge in [0.2, 0.25) is 0 Å². The Labute approximate surface area is 239 Å². The molecule has 11 nitrogen and oxygen atoms in total. The summed E-state index contributed by atoms with van der Waals surface area (Å²) in [5.41, 5.74) is 2.16. The van der Waals surface area contributed by atoms with E-state index < -0.39 is 17.8 Å². The summed E-state index contributed by atoms with van der Waals surface area (Å²) in [4.78, 5) is 48.7. The highest BCUT2D eigenvalue weighted by Gasteiger charge is 2.15. The number of anilines is 1. The molecule has 218 valence electrons. The van der Waals surface area contributed by atoms with Crippen molar-refractivity contribution in [1.82, 2.24) is 20.4 Å². The molecule has 0 spiro atoms. The van der Waals surface area contributed by atoms with Crippen molar-refractivity contribution in [3.63, 3.8) is 0 Å². The fraction of sp³-hybridized carbons (Fsp3) is 0.367. The number of amides is 3. The van der Waals surface area contributed by atoms with Crippen LogP contribution >= 0.6 is 0 Å². The zero-order valence-electron chi connectivity index (χ0n) is 23.9. The first-order valence-corrected chi connectivity index (χ1v) is 13.5. The summed E-state index contributed by atoms with van der Waals surface area (Å²) in [6, 6.07) is 17.1. The predicted octanol–water partition coefficient (Wildman–Crippen LogP) is 4.56. The number of hydrogen-bond donors (Lipinski definition) is 3. The van der Waals surface area contributed by atoms with Crippen LogP contribution in [-0.4, -0.2) is 53.2 Å². The van der Waals surface area contributed by atoms with Crippen LogP contribution in [0.3, 0.4) is 0 Å². The maximum atomic E-state index is 12.7. The van der Waals surface area contributed by atoms with Gasteiger partial charge in [0, 0.05) is 36.0 Å². The van der Waals surface area contributed by atoms with Crippen molar-refractivity contribution in [1.29, 1.82) is 0 Å². The highest BCUT2D eigenvalue weighted by atomic mass is 16.6. The number of hydrogen-bond acceptors (Lipinski definition) is 7. The van der Waals surface area contributed by atoms with E-state index in [1.54, 1.807) is 70.2 Å². The average Bonchev–Trinajstić information content (AvgIpc) is 2.91. The van der Waals surface area contributed by atoms with Gasteiger partial charge in [0.25, 0.3) is 11.5 Å².